The molecule has 1 aliphatic carbocycles. The van der Waals surface area contributed by atoms with Gasteiger partial charge < -0.3 is 10.2 Å². The van der Waals surface area contributed by atoms with E-state index >= 15 is 0 Å². The molecule has 0 bridgehead atoms. The Morgan fingerprint density at radius 3 is 2.32 bits per heavy atom. The van der Waals surface area contributed by atoms with E-state index in [0.29, 0.717) is 5.69 Å². The third-order valence-corrected chi connectivity index (χ3v) is 4.17. The summed E-state index contributed by atoms with van der Waals surface area (Å²) < 4.78 is 37.4. The first-order chi connectivity index (χ1) is 10.4. The molecule has 1 aliphatic rings. The Bertz CT molecular complexity index is 493. The van der Waals surface area contributed by atoms with Crippen LogP contribution in [0.25, 0.3) is 0 Å². The second-order valence-electron chi connectivity index (χ2n) is 5.73. The van der Waals surface area contributed by atoms with Crippen molar-refractivity contribution < 1.29 is 18.0 Å². The topological polar surface area (TPSA) is 32.3 Å². The molecule has 3 nitrogen and oxygen atoms in total. The van der Waals surface area contributed by atoms with Crippen LogP contribution in [0.1, 0.15) is 37.7 Å². The molecule has 0 spiro atoms. The Hall–Kier alpha value is -1.72. The van der Waals surface area contributed by atoms with Crippen LogP contribution in [0.5, 0.6) is 0 Å². The van der Waals surface area contributed by atoms with E-state index in [2.05, 4.69) is 5.32 Å². The van der Waals surface area contributed by atoms with Crippen molar-refractivity contribution in [2.75, 3.05) is 18.9 Å². The van der Waals surface area contributed by atoms with Crippen LogP contribution in [0.4, 0.5) is 18.9 Å². The van der Waals surface area contributed by atoms with Crippen LogP contribution in [0.15, 0.2) is 24.3 Å². The zero-order valence-electron chi connectivity index (χ0n) is 12.6. The lowest BCUT2D eigenvalue weighted by Crippen LogP contribution is -2.41. The van der Waals surface area contributed by atoms with Gasteiger partial charge in [0.1, 0.15) is 0 Å². The van der Waals surface area contributed by atoms with Gasteiger partial charge in [-0.15, -0.1) is 0 Å². The largest absolute Gasteiger partial charge is 0.416 e. The second-order valence-corrected chi connectivity index (χ2v) is 5.73. The lowest BCUT2D eigenvalue weighted by atomic mass is 9.94. The molecule has 122 valence electrons. The van der Waals surface area contributed by atoms with Crippen molar-refractivity contribution in [3.05, 3.63) is 29.8 Å². The molecule has 0 radical (unpaired) electrons. The molecule has 1 N–H and O–H groups in total. The van der Waals surface area contributed by atoms with Gasteiger partial charge in [0.15, 0.2) is 0 Å². The lowest BCUT2D eigenvalue weighted by molar-refractivity contribution is -0.137. The van der Waals surface area contributed by atoms with Crippen LogP contribution < -0.4 is 5.32 Å². The molecule has 2 rings (SSSR count). The molecule has 0 aliphatic heterocycles. The van der Waals surface area contributed by atoms with Gasteiger partial charge in [0.05, 0.1) is 12.1 Å². The van der Waals surface area contributed by atoms with Gasteiger partial charge >= 0.3 is 6.18 Å². The summed E-state index contributed by atoms with van der Waals surface area (Å²) in [6.45, 7) is 0.0956. The zero-order chi connectivity index (χ0) is 16.2. The maximum atomic E-state index is 12.5. The first-order valence-corrected chi connectivity index (χ1v) is 7.55. The van der Waals surface area contributed by atoms with Crippen molar-refractivity contribution in [3.63, 3.8) is 0 Å². The van der Waals surface area contributed by atoms with E-state index < -0.39 is 11.7 Å². The summed E-state index contributed by atoms with van der Waals surface area (Å²) in [5.74, 6) is -0.0354. The van der Waals surface area contributed by atoms with E-state index in [0.717, 1.165) is 37.8 Å². The van der Waals surface area contributed by atoms with E-state index in [1.54, 1.807) is 11.9 Å². The predicted molar refractivity (Wildman–Crippen MR) is 79.6 cm³/mol. The minimum Gasteiger partial charge on any atom is -0.376 e. The van der Waals surface area contributed by atoms with E-state index in [9.17, 15) is 18.0 Å². The van der Waals surface area contributed by atoms with Crippen molar-refractivity contribution in [3.8, 4) is 0 Å². The van der Waals surface area contributed by atoms with E-state index in [1.807, 2.05) is 0 Å². The van der Waals surface area contributed by atoms with Gasteiger partial charge in [-0.2, -0.15) is 13.2 Å². The number of halogens is 3. The maximum absolute atomic E-state index is 12.5. The fourth-order valence-corrected chi connectivity index (χ4v) is 2.75. The van der Waals surface area contributed by atoms with Crippen LogP contribution in [-0.2, 0) is 11.0 Å². The molecular weight excluding hydrogens is 293 g/mol. The predicted octanol–water partition coefficient (Wildman–Crippen LogP) is 3.91. The monoisotopic (exact) mass is 314 g/mol. The first-order valence-electron chi connectivity index (χ1n) is 7.55. The van der Waals surface area contributed by atoms with Crippen molar-refractivity contribution in [2.24, 2.45) is 0 Å². The van der Waals surface area contributed by atoms with Gasteiger partial charge in [0.2, 0.25) is 5.91 Å². The van der Waals surface area contributed by atoms with Crippen LogP contribution in [0, 0.1) is 0 Å². The van der Waals surface area contributed by atoms with Gasteiger partial charge in [0.25, 0.3) is 0 Å². The molecule has 0 aromatic heterocycles. The van der Waals surface area contributed by atoms with Gasteiger partial charge in [-0.25, -0.2) is 0 Å². The Kier molecular flexibility index (Phi) is 5.32. The number of benzene rings is 1. The van der Waals surface area contributed by atoms with Crippen LogP contribution in [-0.4, -0.2) is 30.4 Å². The minimum atomic E-state index is -4.34. The van der Waals surface area contributed by atoms with Crippen LogP contribution >= 0.6 is 0 Å². The number of nitrogens with zero attached hydrogens (tertiary/aromatic N) is 1. The summed E-state index contributed by atoms with van der Waals surface area (Å²) in [5.41, 5.74) is -0.179. The van der Waals surface area contributed by atoms with Crippen LogP contribution in [0.3, 0.4) is 0 Å². The number of rotatable bonds is 4. The minimum absolute atomic E-state index is 0.0354. The molecule has 0 atom stereocenters. The van der Waals surface area contributed by atoms with Crippen molar-refractivity contribution in [1.29, 1.82) is 0 Å². The summed E-state index contributed by atoms with van der Waals surface area (Å²) in [4.78, 5) is 13.9. The number of hydrogen-bond acceptors (Lipinski definition) is 2. The molecule has 0 unspecified atom stereocenters. The zero-order valence-corrected chi connectivity index (χ0v) is 12.6. The second kappa shape index (κ2) is 7.03. The molecule has 1 amide bonds. The van der Waals surface area contributed by atoms with Gasteiger partial charge in [-0.1, -0.05) is 19.3 Å². The normalized spacial score (nSPS) is 16.4. The lowest BCUT2D eigenvalue weighted by Gasteiger charge is -2.31. The SMILES string of the molecule is CN(C(=O)CNc1ccc(C(F)(F)F)cc1)C1CCCCC1. The van der Waals surface area contributed by atoms with Gasteiger partial charge in [-0.3, -0.25) is 4.79 Å². The molecule has 1 fully saturated rings. The van der Waals surface area contributed by atoms with Gasteiger partial charge in [-0.05, 0) is 37.1 Å². The Labute approximate surface area is 128 Å². The smallest absolute Gasteiger partial charge is 0.376 e. The number of nitrogens with one attached hydrogen (secondary N) is 1. The quantitative estimate of drug-likeness (QED) is 0.914. The fourth-order valence-electron chi connectivity index (χ4n) is 2.75. The number of hydrogen-bond donors (Lipinski definition) is 1. The Morgan fingerprint density at radius 1 is 1.18 bits per heavy atom. The number of alkyl halides is 3. The highest BCUT2D eigenvalue weighted by Crippen LogP contribution is 2.29. The summed E-state index contributed by atoms with van der Waals surface area (Å²) in [7, 11) is 1.80. The highest BCUT2D eigenvalue weighted by Gasteiger charge is 2.30. The summed E-state index contributed by atoms with van der Waals surface area (Å²) in [6, 6.07) is 5.00. The van der Waals surface area contributed by atoms with Crippen molar-refractivity contribution >= 4 is 11.6 Å². The summed E-state index contributed by atoms with van der Waals surface area (Å²) in [5, 5.41) is 2.88. The molecule has 0 heterocycles. The Balaban J connectivity index is 1.85. The molecule has 1 aromatic rings. The average Bonchev–Trinajstić information content (AvgIpc) is 2.52. The Morgan fingerprint density at radius 2 is 1.77 bits per heavy atom. The number of anilines is 1. The molecule has 1 saturated carbocycles. The van der Waals surface area contributed by atoms with E-state index in [1.165, 1.54) is 18.6 Å². The highest BCUT2D eigenvalue weighted by molar-refractivity contribution is 5.80. The first kappa shape index (κ1) is 16.6. The number of carbonyl (C=O) groups is 1. The molecule has 6 heteroatoms. The summed E-state index contributed by atoms with van der Waals surface area (Å²) in [6.07, 6.45) is 1.24. The fraction of sp³-hybridized carbons (Fsp3) is 0.562. The van der Waals surface area contributed by atoms with Crippen molar-refractivity contribution in [2.45, 2.75) is 44.3 Å². The highest BCUT2D eigenvalue weighted by atomic mass is 19.4. The van der Waals surface area contributed by atoms with Gasteiger partial charge in [0, 0.05) is 18.8 Å². The number of carbonyl (C=O) groups excluding carboxylic acids is 1. The molecule has 22 heavy (non-hydrogen) atoms. The number of amides is 1. The maximum Gasteiger partial charge on any atom is 0.416 e. The molecular formula is C16H21F3N2O. The average molecular weight is 314 g/mol. The third kappa shape index (κ3) is 4.39. The third-order valence-electron chi connectivity index (χ3n) is 4.17. The standard InChI is InChI=1S/C16H21F3N2O/c1-21(14-5-3-2-4-6-14)15(22)11-20-13-9-7-12(8-10-13)16(17,18)19/h7-10,14,20H,2-6,11H2,1H3. The number of likely N-dealkylation sites (N-methyl/N-ethyl adjacent to an activating group) is 1. The van der Waals surface area contributed by atoms with Crippen LogP contribution in [0.2, 0.25) is 0 Å². The van der Waals surface area contributed by atoms with Crippen molar-refractivity contribution in [1.82, 2.24) is 4.90 Å². The molecule has 0 saturated heterocycles. The van der Waals surface area contributed by atoms with E-state index in [-0.39, 0.29) is 18.5 Å². The summed E-state index contributed by atoms with van der Waals surface area (Å²) >= 11 is 0. The molecule has 1 aromatic carbocycles. The van der Waals surface area contributed by atoms with E-state index in [4.69, 9.17) is 0 Å².